The molecule has 3 rings (SSSR count). The Morgan fingerprint density at radius 2 is 2.19 bits per heavy atom. The Balaban J connectivity index is 1.84. The first-order valence-corrected chi connectivity index (χ1v) is 7.53. The molecule has 3 aromatic heterocycles. The summed E-state index contributed by atoms with van der Waals surface area (Å²) in [6.45, 7) is 1.39. The van der Waals surface area contributed by atoms with Crippen molar-refractivity contribution in [2.75, 3.05) is 7.05 Å². The smallest absolute Gasteiger partial charge is 0.258 e. The number of aromatic nitrogens is 3. The maximum Gasteiger partial charge on any atom is 0.258 e. The molecule has 7 heteroatoms. The molecule has 0 spiro atoms. The molecule has 0 aliphatic rings. The van der Waals surface area contributed by atoms with Crippen molar-refractivity contribution in [3.8, 4) is 0 Å². The van der Waals surface area contributed by atoms with Gasteiger partial charge in [-0.05, 0) is 36.8 Å². The first kappa shape index (κ1) is 14.2. The summed E-state index contributed by atoms with van der Waals surface area (Å²) in [6, 6.07) is 7.02. The summed E-state index contributed by atoms with van der Waals surface area (Å²) in [4.78, 5) is 19.9. The first-order valence-electron chi connectivity index (χ1n) is 6.38. The Labute approximate surface area is 130 Å². The normalized spacial score (nSPS) is 11.4. The molecule has 0 bridgehead atoms. The van der Waals surface area contributed by atoms with Crippen LogP contribution in [0.3, 0.4) is 0 Å². The average molecular weight is 321 g/mol. The number of nitrogens with zero attached hydrogens (tertiary/aromatic N) is 4. The number of hydrogen-bond donors (Lipinski definition) is 0. The lowest BCUT2D eigenvalue weighted by molar-refractivity contribution is 0.318. The molecule has 5 nitrogen and oxygen atoms in total. The van der Waals surface area contributed by atoms with Gasteiger partial charge in [0.05, 0.1) is 10.7 Å². The molecular weight excluding hydrogens is 308 g/mol. The predicted molar refractivity (Wildman–Crippen MR) is 83.8 cm³/mol. The van der Waals surface area contributed by atoms with Crippen molar-refractivity contribution < 1.29 is 0 Å². The number of pyridine rings is 1. The third kappa shape index (κ3) is 3.29. The topological polar surface area (TPSA) is 50.5 Å². The van der Waals surface area contributed by atoms with Crippen LogP contribution in [0.2, 0.25) is 5.02 Å². The summed E-state index contributed by atoms with van der Waals surface area (Å²) < 4.78 is 5.53. The molecule has 0 N–H and O–H groups in total. The standard InChI is InChI=1S/C14H13ClN4OS/c1-18(9-12-4-5-16-21-12)8-11-6-14(20)19-7-10(15)2-3-13(19)17-11/h2-7H,8-9H2,1H3. The van der Waals surface area contributed by atoms with Crippen molar-refractivity contribution in [3.05, 3.63) is 62.6 Å². The minimum Gasteiger partial charge on any atom is -0.295 e. The second kappa shape index (κ2) is 5.93. The summed E-state index contributed by atoms with van der Waals surface area (Å²) in [5.41, 5.74) is 1.23. The lowest BCUT2D eigenvalue weighted by atomic mass is 10.3. The second-order valence-electron chi connectivity index (χ2n) is 4.81. The van der Waals surface area contributed by atoms with Gasteiger partial charge in [-0.3, -0.25) is 14.1 Å². The second-order valence-corrected chi connectivity index (χ2v) is 6.17. The highest BCUT2D eigenvalue weighted by atomic mass is 35.5. The van der Waals surface area contributed by atoms with Crippen LogP contribution in [0.15, 0.2) is 41.5 Å². The SMILES string of the molecule is CN(Cc1cc(=O)n2cc(Cl)ccc2n1)Cc1ccns1. The molecule has 108 valence electrons. The molecule has 0 saturated heterocycles. The van der Waals surface area contributed by atoms with Gasteiger partial charge in [0.25, 0.3) is 5.56 Å². The van der Waals surface area contributed by atoms with Crippen molar-refractivity contribution in [1.29, 1.82) is 0 Å². The highest BCUT2D eigenvalue weighted by molar-refractivity contribution is 7.05. The minimum absolute atomic E-state index is 0.122. The number of hydrogen-bond acceptors (Lipinski definition) is 5. The summed E-state index contributed by atoms with van der Waals surface area (Å²) in [5, 5.41) is 0.515. The van der Waals surface area contributed by atoms with Gasteiger partial charge in [-0.1, -0.05) is 11.6 Å². The van der Waals surface area contributed by atoms with Gasteiger partial charge in [-0.25, -0.2) is 9.36 Å². The third-order valence-corrected chi connectivity index (χ3v) is 3.98. The zero-order valence-corrected chi connectivity index (χ0v) is 12.9. The molecule has 0 fully saturated rings. The largest absolute Gasteiger partial charge is 0.295 e. The Morgan fingerprint density at radius 3 is 2.95 bits per heavy atom. The maximum atomic E-state index is 12.1. The van der Waals surface area contributed by atoms with Crippen molar-refractivity contribution >= 4 is 28.8 Å². The minimum atomic E-state index is -0.122. The fourth-order valence-electron chi connectivity index (χ4n) is 2.13. The highest BCUT2D eigenvalue weighted by Gasteiger charge is 2.07. The van der Waals surface area contributed by atoms with Crippen LogP contribution in [0.25, 0.3) is 5.65 Å². The van der Waals surface area contributed by atoms with Crippen molar-refractivity contribution in [2.45, 2.75) is 13.1 Å². The summed E-state index contributed by atoms with van der Waals surface area (Å²) >= 11 is 7.37. The molecule has 0 aromatic carbocycles. The van der Waals surface area contributed by atoms with Crippen LogP contribution < -0.4 is 5.56 Å². The van der Waals surface area contributed by atoms with E-state index >= 15 is 0 Å². The van der Waals surface area contributed by atoms with Gasteiger partial charge in [0.15, 0.2) is 0 Å². The van der Waals surface area contributed by atoms with Gasteiger partial charge in [0.1, 0.15) is 5.65 Å². The van der Waals surface area contributed by atoms with Crippen molar-refractivity contribution in [3.63, 3.8) is 0 Å². The van der Waals surface area contributed by atoms with Gasteiger partial charge < -0.3 is 0 Å². The molecule has 0 amide bonds. The zero-order chi connectivity index (χ0) is 14.8. The molecule has 0 atom stereocenters. The third-order valence-electron chi connectivity index (χ3n) is 3.03. The molecule has 21 heavy (non-hydrogen) atoms. The zero-order valence-electron chi connectivity index (χ0n) is 11.4. The van der Waals surface area contributed by atoms with E-state index in [9.17, 15) is 4.79 Å². The van der Waals surface area contributed by atoms with Crippen LogP contribution in [-0.2, 0) is 13.1 Å². The molecule has 3 aromatic rings. The van der Waals surface area contributed by atoms with Crippen LogP contribution >= 0.6 is 23.1 Å². The van der Waals surface area contributed by atoms with E-state index in [1.54, 1.807) is 30.6 Å². The maximum absolute atomic E-state index is 12.1. The van der Waals surface area contributed by atoms with E-state index in [1.807, 2.05) is 13.1 Å². The van der Waals surface area contributed by atoms with E-state index in [0.29, 0.717) is 17.2 Å². The van der Waals surface area contributed by atoms with E-state index in [1.165, 1.54) is 20.8 Å². The van der Waals surface area contributed by atoms with Gasteiger partial charge >= 0.3 is 0 Å². The van der Waals surface area contributed by atoms with Crippen molar-refractivity contribution in [1.82, 2.24) is 18.7 Å². The van der Waals surface area contributed by atoms with E-state index in [2.05, 4.69) is 14.3 Å². The number of rotatable bonds is 4. The fourth-order valence-corrected chi connectivity index (χ4v) is 2.95. The molecule has 0 saturated carbocycles. The van der Waals surface area contributed by atoms with Gasteiger partial charge in [0.2, 0.25) is 0 Å². The fraction of sp³-hybridized carbons (Fsp3) is 0.214. The van der Waals surface area contributed by atoms with E-state index in [0.717, 1.165) is 12.2 Å². The van der Waals surface area contributed by atoms with Crippen LogP contribution in [0, 0.1) is 0 Å². The Hall–Kier alpha value is -1.76. The Morgan fingerprint density at radius 1 is 1.33 bits per heavy atom. The molecule has 3 heterocycles. The molecule has 0 unspecified atom stereocenters. The Kier molecular flexibility index (Phi) is 4.01. The highest BCUT2D eigenvalue weighted by Crippen LogP contribution is 2.11. The monoisotopic (exact) mass is 320 g/mol. The summed E-state index contributed by atoms with van der Waals surface area (Å²) in [6.07, 6.45) is 3.37. The molecule has 0 aliphatic carbocycles. The molecular formula is C14H13ClN4OS. The average Bonchev–Trinajstić information content (AvgIpc) is 2.92. The quantitative estimate of drug-likeness (QED) is 0.741. The van der Waals surface area contributed by atoms with Crippen molar-refractivity contribution in [2.24, 2.45) is 0 Å². The van der Waals surface area contributed by atoms with Gasteiger partial charge in [-0.15, -0.1) is 0 Å². The lowest BCUT2D eigenvalue weighted by Crippen LogP contribution is -2.21. The lowest BCUT2D eigenvalue weighted by Gasteiger charge is -2.15. The van der Waals surface area contributed by atoms with Crippen LogP contribution in [0.1, 0.15) is 10.6 Å². The number of fused-ring (bicyclic) bond motifs is 1. The van der Waals surface area contributed by atoms with Crippen LogP contribution in [0.5, 0.6) is 0 Å². The molecule has 0 aliphatic heterocycles. The summed E-state index contributed by atoms with van der Waals surface area (Å²) in [5.74, 6) is 0. The number of halogens is 1. The van der Waals surface area contributed by atoms with Gasteiger partial charge in [-0.2, -0.15) is 0 Å². The van der Waals surface area contributed by atoms with E-state index < -0.39 is 0 Å². The van der Waals surface area contributed by atoms with E-state index in [4.69, 9.17) is 11.6 Å². The van der Waals surface area contributed by atoms with Crippen LogP contribution in [-0.4, -0.2) is 25.7 Å². The van der Waals surface area contributed by atoms with E-state index in [-0.39, 0.29) is 5.56 Å². The van der Waals surface area contributed by atoms with Gasteiger partial charge in [0, 0.05) is 36.4 Å². The van der Waals surface area contributed by atoms with Crippen LogP contribution in [0.4, 0.5) is 0 Å². The first-order chi connectivity index (χ1) is 10.1. The predicted octanol–water partition coefficient (Wildman–Crippen LogP) is 2.44. The molecule has 0 radical (unpaired) electrons. The summed E-state index contributed by atoms with van der Waals surface area (Å²) in [7, 11) is 1.99. The Bertz CT molecular complexity index is 815.